The normalized spacial score (nSPS) is 11.9. The third-order valence-corrected chi connectivity index (χ3v) is 17.2. The van der Waals surface area contributed by atoms with Crippen molar-refractivity contribution >= 4 is 88.6 Å². The summed E-state index contributed by atoms with van der Waals surface area (Å²) in [6.45, 7) is 0. The largest absolute Gasteiger partial charge is 0.111 e. The molecule has 2 atom stereocenters. The molecule has 0 aliphatic rings. The summed E-state index contributed by atoms with van der Waals surface area (Å²) >= 11 is -0.346. The number of halogens is 2. The second kappa shape index (κ2) is 23.2. The van der Waals surface area contributed by atoms with E-state index in [4.69, 9.17) is 30.8 Å². The summed E-state index contributed by atoms with van der Waals surface area (Å²) in [5.74, 6) is 0. The monoisotopic (exact) mass is 1010 g/mol. The summed E-state index contributed by atoms with van der Waals surface area (Å²) in [7, 11) is 6.97. The Bertz CT molecular complexity index is 2740. The molecule has 0 aromatic heterocycles. The van der Waals surface area contributed by atoms with E-state index in [0.717, 1.165) is 11.1 Å². The van der Waals surface area contributed by atoms with Crippen LogP contribution in [-0.2, 0) is 15.1 Å². The van der Waals surface area contributed by atoms with Gasteiger partial charge < -0.3 is 11.5 Å². The Labute approximate surface area is 401 Å². The molecule has 0 saturated heterocycles. The van der Waals surface area contributed by atoms with E-state index in [0.29, 0.717) is 0 Å². The molecule has 0 amide bonds. The first kappa shape index (κ1) is 46.2. The van der Waals surface area contributed by atoms with Crippen molar-refractivity contribution in [3.05, 3.63) is 266 Å². The summed E-state index contributed by atoms with van der Waals surface area (Å²) < 4.78 is 0. The Morgan fingerprint density at radius 3 is 0.846 bits per heavy atom. The number of fused-ring (bicyclic) bond motifs is 2. The minimum atomic E-state index is -1.37. The maximum Gasteiger partial charge on any atom is 0.111 e. The van der Waals surface area contributed by atoms with Crippen LogP contribution in [-0.4, -0.2) is 0 Å². The molecule has 0 saturated carbocycles. The summed E-state index contributed by atoms with van der Waals surface area (Å²) in [5, 5.41) is 13.6. The van der Waals surface area contributed by atoms with Gasteiger partial charge in [0.25, 0.3) is 0 Å². The Balaban J connectivity index is 0.000000253. The van der Waals surface area contributed by atoms with E-state index in [1.807, 2.05) is 60.7 Å². The van der Waals surface area contributed by atoms with Gasteiger partial charge in [0, 0.05) is 23.2 Å². The molecule has 65 heavy (non-hydrogen) atoms. The second-order valence-corrected chi connectivity index (χ2v) is 23.1. The van der Waals surface area contributed by atoms with Gasteiger partial charge in [-0.2, -0.15) is 0 Å². The molecule has 0 radical (unpaired) electrons. The van der Waals surface area contributed by atoms with E-state index in [1.54, 1.807) is 0 Å². The summed E-state index contributed by atoms with van der Waals surface area (Å²) in [6.07, 6.45) is 0. The number of rotatable bonds is 10. The van der Waals surface area contributed by atoms with E-state index in [9.17, 15) is 0 Å². The maximum absolute atomic E-state index is 6.15. The number of hydrogen-bond donors (Lipinski definition) is 2. The topological polar surface area (TPSA) is 52.0 Å². The van der Waals surface area contributed by atoms with E-state index < -0.39 is 15.8 Å². The first-order chi connectivity index (χ1) is 32.1. The summed E-state index contributed by atoms with van der Waals surface area (Å²) in [5.41, 5.74) is 17.2. The zero-order chi connectivity index (χ0) is 44.8. The van der Waals surface area contributed by atoms with Crippen LogP contribution in [0, 0.1) is 0 Å². The van der Waals surface area contributed by atoms with Gasteiger partial charge in [-0.05, 0) is 93.3 Å². The molecule has 0 aliphatic heterocycles. The Morgan fingerprint density at radius 2 is 0.554 bits per heavy atom. The van der Waals surface area contributed by atoms with Crippen LogP contribution in [0.15, 0.2) is 255 Å². The fraction of sp³-hybridized carbons (Fsp3) is 0.0345. The van der Waals surface area contributed by atoms with Gasteiger partial charge in [0.15, 0.2) is 0 Å². The Kier molecular flexibility index (Phi) is 16.5. The fourth-order valence-electron chi connectivity index (χ4n) is 8.64. The van der Waals surface area contributed by atoms with Gasteiger partial charge in [0.1, 0.15) is 31.8 Å². The van der Waals surface area contributed by atoms with E-state index in [2.05, 4.69) is 194 Å². The standard InChI is InChI=1S/C44H32P2.C14H16N2.2ClH.Ru/c1-5-19-35(20-6-1)45(36-21-7-2-8-22-36)41-31-29-33-17-13-15-27-39(33)43(41)44-40-28-16-14-18-34(40)30-32-42(44)46(37-23-9-3-10-24-37)38-25-11-4-12-26-38;15-13(11-7-3-1-4-8-11)14(16)12-9-5-2-6-10-12;;;/h1-32H;1-10,13-14H,15-16H2;2*1H;/q;;;;+4/t;13-,14-;;;/m.1.../s1. The van der Waals surface area contributed by atoms with Crippen LogP contribution in [0.5, 0.6) is 0 Å². The van der Waals surface area contributed by atoms with Crippen LogP contribution in [0.25, 0.3) is 32.7 Å². The molecule has 0 unspecified atom stereocenters. The van der Waals surface area contributed by atoms with Crippen molar-refractivity contribution in [1.82, 2.24) is 0 Å². The van der Waals surface area contributed by atoms with Gasteiger partial charge in [-0.3, -0.25) is 0 Å². The zero-order valence-corrected chi connectivity index (χ0v) is 40.9. The van der Waals surface area contributed by atoms with Gasteiger partial charge in [-0.1, -0.05) is 194 Å². The average Bonchev–Trinajstić information content (AvgIpc) is 3.38. The van der Waals surface area contributed by atoms with Crippen LogP contribution in [0.1, 0.15) is 23.2 Å². The predicted molar refractivity (Wildman–Crippen MR) is 286 cm³/mol. The van der Waals surface area contributed by atoms with Crippen molar-refractivity contribution in [2.75, 3.05) is 0 Å². The molecule has 0 aliphatic carbocycles. The molecule has 4 N–H and O–H groups in total. The van der Waals surface area contributed by atoms with Crippen molar-refractivity contribution in [2.24, 2.45) is 11.5 Å². The molecular weight excluding hydrogens is 959 g/mol. The van der Waals surface area contributed by atoms with E-state index in [-0.39, 0.29) is 27.2 Å². The molecule has 0 fully saturated rings. The molecule has 2 nitrogen and oxygen atoms in total. The molecule has 320 valence electrons. The molecule has 0 heterocycles. The van der Waals surface area contributed by atoms with Crippen molar-refractivity contribution in [1.29, 1.82) is 0 Å². The van der Waals surface area contributed by atoms with E-state index in [1.165, 1.54) is 64.5 Å². The summed E-state index contributed by atoms with van der Waals surface area (Å²) in [6, 6.07) is 91.8. The number of nitrogens with two attached hydrogens (primary N) is 2. The van der Waals surface area contributed by atoms with Crippen molar-refractivity contribution in [2.45, 2.75) is 12.1 Å². The molecular formula is C58H50Cl2N2P2Ru+4. The van der Waals surface area contributed by atoms with Gasteiger partial charge >= 0.3 is 34.5 Å². The predicted octanol–water partition coefficient (Wildman–Crippen LogP) is 12.4. The molecule has 7 heteroatoms. The number of hydrogen-bond acceptors (Lipinski definition) is 2. The fourth-order valence-corrected chi connectivity index (χ4v) is 14.2. The quantitative estimate of drug-likeness (QED) is 0.106. The Morgan fingerprint density at radius 1 is 0.308 bits per heavy atom. The maximum atomic E-state index is 6.15. The third kappa shape index (κ3) is 11.0. The van der Waals surface area contributed by atoms with Gasteiger partial charge in [-0.15, -0.1) is 0 Å². The second-order valence-electron chi connectivity index (χ2n) is 15.6. The van der Waals surface area contributed by atoms with Gasteiger partial charge in [0.2, 0.25) is 0 Å². The molecule has 10 aromatic rings. The third-order valence-electron chi connectivity index (χ3n) is 11.7. The minimum Gasteiger partial charge on any atom is -0.0620 e. The molecule has 10 aromatic carbocycles. The smallest absolute Gasteiger partial charge is 0.0620 e. The van der Waals surface area contributed by atoms with Crippen LogP contribution in [0.2, 0.25) is 0 Å². The van der Waals surface area contributed by atoms with Crippen molar-refractivity contribution in [3.63, 3.8) is 0 Å². The van der Waals surface area contributed by atoms with Crippen molar-refractivity contribution in [3.8, 4) is 11.1 Å². The Hall–Kier alpha value is -5.30. The van der Waals surface area contributed by atoms with Gasteiger partial charge in [-0.25, -0.2) is 0 Å². The average molecular weight is 1010 g/mol. The number of benzene rings is 10. The van der Waals surface area contributed by atoms with Crippen LogP contribution < -0.4 is 43.3 Å². The molecule has 0 spiro atoms. The van der Waals surface area contributed by atoms with Gasteiger partial charge in [0.05, 0.1) is 15.8 Å². The minimum absolute atomic E-state index is 0.163. The zero-order valence-electron chi connectivity index (χ0n) is 35.7. The van der Waals surface area contributed by atoms with Crippen molar-refractivity contribution < 1.29 is 15.1 Å². The van der Waals surface area contributed by atoms with E-state index >= 15 is 0 Å². The molecule has 10 rings (SSSR count). The van der Waals surface area contributed by atoms with Crippen LogP contribution in [0.4, 0.5) is 0 Å². The first-order valence-corrected chi connectivity index (χ1v) is 29.0. The van der Waals surface area contributed by atoms with Crippen LogP contribution in [0.3, 0.4) is 0 Å². The SMILES string of the molecule is N[C@H](c1ccccc1)[C@H](N)c1ccccc1.[Cl][Ru+2][Cl].c1ccc([PH+](c2ccccc2)c2ccc3ccccc3c2-c2c([PH+](c3ccccc3)c3ccccc3)ccc3ccccc23)cc1. The first-order valence-electron chi connectivity index (χ1n) is 21.5. The molecule has 0 bridgehead atoms. The van der Waals surface area contributed by atoms with Crippen LogP contribution >= 0.6 is 35.2 Å². The summed E-state index contributed by atoms with van der Waals surface area (Å²) in [4.78, 5) is 0.